The zero-order valence-electron chi connectivity index (χ0n) is 54.9. The van der Waals surface area contributed by atoms with E-state index in [9.17, 15) is 43.2 Å². The second-order valence-corrected chi connectivity index (χ2v) is 27.7. The number of esters is 4. The number of carbonyl (C=O) groups is 4. The summed E-state index contributed by atoms with van der Waals surface area (Å²) in [4.78, 5) is 72.0. The van der Waals surface area contributed by atoms with Gasteiger partial charge in [0.1, 0.15) is 19.3 Å². The molecule has 0 aromatic heterocycles. The first-order valence-corrected chi connectivity index (χ1v) is 37.5. The van der Waals surface area contributed by atoms with Crippen molar-refractivity contribution < 1.29 is 80.2 Å². The fraction of sp³-hybridized carbons (Fsp3) is 0.939. The summed E-state index contributed by atoms with van der Waals surface area (Å²) in [5.74, 6) is -0.581. The zero-order chi connectivity index (χ0) is 62.9. The van der Waals surface area contributed by atoms with Crippen LogP contribution in [0.2, 0.25) is 0 Å². The summed E-state index contributed by atoms with van der Waals surface area (Å²) in [6.45, 7) is 9.43. The van der Waals surface area contributed by atoms with Crippen LogP contribution in [0.4, 0.5) is 0 Å². The van der Waals surface area contributed by atoms with Gasteiger partial charge in [-0.25, -0.2) is 9.13 Å². The molecule has 0 saturated heterocycles. The second-order valence-electron chi connectivity index (χ2n) is 24.8. The van der Waals surface area contributed by atoms with E-state index in [0.717, 1.165) is 108 Å². The molecule has 5 atom stereocenters. The molecular weight excluding hydrogens is 1130 g/mol. The Labute approximate surface area is 517 Å². The summed E-state index contributed by atoms with van der Waals surface area (Å²) in [6, 6.07) is 0. The molecule has 0 fully saturated rings. The summed E-state index contributed by atoms with van der Waals surface area (Å²) in [5.41, 5.74) is 0. The molecule has 0 aromatic carbocycles. The van der Waals surface area contributed by atoms with Gasteiger partial charge in [-0.05, 0) is 37.5 Å². The van der Waals surface area contributed by atoms with Crippen LogP contribution in [0.15, 0.2) is 0 Å². The normalized spacial score (nSPS) is 14.2. The minimum Gasteiger partial charge on any atom is -0.462 e. The molecule has 0 aliphatic carbocycles. The van der Waals surface area contributed by atoms with Gasteiger partial charge in [0.2, 0.25) is 0 Å². The molecule has 0 heterocycles. The molecule has 0 aromatic rings. The lowest BCUT2D eigenvalue weighted by Crippen LogP contribution is -2.30. The van der Waals surface area contributed by atoms with Crippen LogP contribution < -0.4 is 0 Å². The first-order chi connectivity index (χ1) is 40.9. The highest BCUT2D eigenvalue weighted by Crippen LogP contribution is 2.45. The SMILES string of the molecule is CCCCCCCCCCCC(=O)O[C@H](COC(=O)CCCCCCC)COP(=O)(O)OC[C@H](O)COP(=O)(O)OC[C@@H](COC(=O)CCCCCCCCCCCCC(C)C)OC(=O)CCCCCCCCCCCCCCCCCC(C)C. The average molecular weight is 1260 g/mol. The van der Waals surface area contributed by atoms with E-state index in [2.05, 4.69) is 41.5 Å². The maximum absolute atomic E-state index is 13.0. The summed E-state index contributed by atoms with van der Waals surface area (Å²) < 4.78 is 67.8. The van der Waals surface area contributed by atoms with E-state index in [-0.39, 0.29) is 25.7 Å². The molecule has 504 valence electrons. The molecule has 0 aliphatic rings. The third-order valence-corrected chi connectivity index (χ3v) is 17.1. The number of hydrogen-bond donors (Lipinski definition) is 3. The summed E-state index contributed by atoms with van der Waals surface area (Å²) in [6.07, 6.45) is 42.1. The van der Waals surface area contributed by atoms with Gasteiger partial charge in [0.25, 0.3) is 0 Å². The fourth-order valence-electron chi connectivity index (χ4n) is 9.88. The van der Waals surface area contributed by atoms with Crippen LogP contribution in [0.25, 0.3) is 0 Å². The van der Waals surface area contributed by atoms with Gasteiger partial charge in [-0.15, -0.1) is 0 Å². The molecule has 85 heavy (non-hydrogen) atoms. The number of unbranched alkanes of at least 4 members (excludes halogenated alkanes) is 35. The van der Waals surface area contributed by atoms with Crippen LogP contribution in [0.5, 0.6) is 0 Å². The van der Waals surface area contributed by atoms with E-state index in [1.807, 2.05) is 0 Å². The van der Waals surface area contributed by atoms with Gasteiger partial charge >= 0.3 is 39.5 Å². The van der Waals surface area contributed by atoms with Gasteiger partial charge in [0.05, 0.1) is 26.4 Å². The van der Waals surface area contributed by atoms with Crippen LogP contribution in [0.3, 0.4) is 0 Å². The average Bonchev–Trinajstić information content (AvgIpc) is 3.54. The van der Waals surface area contributed by atoms with Crippen molar-refractivity contribution in [2.24, 2.45) is 11.8 Å². The van der Waals surface area contributed by atoms with E-state index in [0.29, 0.717) is 25.7 Å². The standard InChI is InChI=1S/C66H128O17P2/c1-7-9-11-13-14-24-32-38-44-50-65(70)82-61(54-76-63(68)48-42-34-12-10-8-2)56-80-84(72,73)78-52-60(67)53-79-85(74,75)81-57-62(55-77-64(69)49-43-37-31-27-23-22-26-30-36-41-47-59(5)6)83-66(71)51-45-39-33-28-21-19-17-15-16-18-20-25-29-35-40-46-58(3)4/h58-62,67H,7-57H2,1-6H3,(H,72,73)(H,74,75)/t60-,61+,62+/m0/s1. The Bertz CT molecular complexity index is 1670. The van der Waals surface area contributed by atoms with Crippen molar-refractivity contribution in [2.75, 3.05) is 39.6 Å². The predicted molar refractivity (Wildman–Crippen MR) is 340 cm³/mol. The van der Waals surface area contributed by atoms with E-state index in [4.69, 9.17) is 37.0 Å². The molecule has 17 nitrogen and oxygen atoms in total. The number of aliphatic hydroxyl groups excluding tert-OH is 1. The van der Waals surface area contributed by atoms with Crippen LogP contribution >= 0.6 is 15.6 Å². The number of phosphoric acid groups is 2. The van der Waals surface area contributed by atoms with Crippen molar-refractivity contribution in [2.45, 2.75) is 349 Å². The van der Waals surface area contributed by atoms with Gasteiger partial charge in [0.15, 0.2) is 12.2 Å². The van der Waals surface area contributed by atoms with Crippen molar-refractivity contribution in [3.63, 3.8) is 0 Å². The summed E-state index contributed by atoms with van der Waals surface area (Å²) in [7, 11) is -9.88. The zero-order valence-corrected chi connectivity index (χ0v) is 56.7. The predicted octanol–water partition coefficient (Wildman–Crippen LogP) is 18.4. The lowest BCUT2D eigenvalue weighted by Gasteiger charge is -2.21. The minimum absolute atomic E-state index is 0.105. The van der Waals surface area contributed by atoms with Crippen LogP contribution in [-0.4, -0.2) is 96.7 Å². The molecule has 0 amide bonds. The molecule has 2 unspecified atom stereocenters. The van der Waals surface area contributed by atoms with Crippen molar-refractivity contribution >= 4 is 39.5 Å². The van der Waals surface area contributed by atoms with E-state index < -0.39 is 97.5 Å². The first-order valence-electron chi connectivity index (χ1n) is 34.5. The van der Waals surface area contributed by atoms with E-state index in [1.165, 1.54) is 141 Å². The monoisotopic (exact) mass is 1250 g/mol. The lowest BCUT2D eigenvalue weighted by atomic mass is 10.0. The highest BCUT2D eigenvalue weighted by atomic mass is 31.2. The Morgan fingerprint density at radius 1 is 0.318 bits per heavy atom. The minimum atomic E-state index is -4.95. The smallest absolute Gasteiger partial charge is 0.462 e. The van der Waals surface area contributed by atoms with Crippen LogP contribution in [0, 0.1) is 11.8 Å². The lowest BCUT2D eigenvalue weighted by molar-refractivity contribution is -0.161. The molecule has 3 N–H and O–H groups in total. The largest absolute Gasteiger partial charge is 0.472 e. The maximum Gasteiger partial charge on any atom is 0.472 e. The maximum atomic E-state index is 13.0. The third-order valence-electron chi connectivity index (χ3n) is 15.2. The van der Waals surface area contributed by atoms with Gasteiger partial charge in [-0.2, -0.15) is 0 Å². The fourth-order valence-corrected chi connectivity index (χ4v) is 11.5. The Morgan fingerprint density at radius 3 is 0.800 bits per heavy atom. The number of hydrogen-bond acceptors (Lipinski definition) is 15. The molecule has 0 saturated carbocycles. The van der Waals surface area contributed by atoms with Crippen molar-refractivity contribution in [3.8, 4) is 0 Å². The molecular formula is C66H128O17P2. The quantitative estimate of drug-likeness (QED) is 0.0222. The van der Waals surface area contributed by atoms with E-state index in [1.54, 1.807) is 0 Å². The Balaban J connectivity index is 5.14. The van der Waals surface area contributed by atoms with Crippen molar-refractivity contribution in [1.29, 1.82) is 0 Å². The topological polar surface area (TPSA) is 237 Å². The number of phosphoric ester groups is 2. The Morgan fingerprint density at radius 2 is 0.541 bits per heavy atom. The van der Waals surface area contributed by atoms with Crippen LogP contribution in [0.1, 0.15) is 330 Å². The summed E-state index contributed by atoms with van der Waals surface area (Å²) >= 11 is 0. The highest BCUT2D eigenvalue weighted by Gasteiger charge is 2.30. The summed E-state index contributed by atoms with van der Waals surface area (Å²) in [5, 5.41) is 10.5. The third kappa shape index (κ3) is 60.7. The Kier molecular flexibility index (Phi) is 57.1. The van der Waals surface area contributed by atoms with Crippen molar-refractivity contribution in [3.05, 3.63) is 0 Å². The number of ether oxygens (including phenoxy) is 4. The molecule has 19 heteroatoms. The second kappa shape index (κ2) is 58.4. The number of aliphatic hydroxyl groups is 1. The van der Waals surface area contributed by atoms with Crippen LogP contribution in [-0.2, 0) is 65.4 Å². The highest BCUT2D eigenvalue weighted by molar-refractivity contribution is 7.47. The van der Waals surface area contributed by atoms with Gasteiger partial charge in [-0.3, -0.25) is 37.3 Å². The number of carbonyl (C=O) groups excluding carboxylic acids is 4. The Hall–Kier alpha value is -1.94. The van der Waals surface area contributed by atoms with Gasteiger partial charge in [-0.1, -0.05) is 279 Å². The first kappa shape index (κ1) is 83.1. The molecule has 0 aliphatic heterocycles. The van der Waals surface area contributed by atoms with Gasteiger partial charge in [0, 0.05) is 25.7 Å². The molecule has 0 spiro atoms. The van der Waals surface area contributed by atoms with Gasteiger partial charge < -0.3 is 33.8 Å². The molecule has 0 rings (SSSR count). The molecule has 0 bridgehead atoms. The molecule has 0 radical (unpaired) electrons. The van der Waals surface area contributed by atoms with Crippen molar-refractivity contribution in [1.82, 2.24) is 0 Å². The van der Waals surface area contributed by atoms with E-state index >= 15 is 0 Å². The number of rotatable bonds is 65.